The summed E-state index contributed by atoms with van der Waals surface area (Å²) < 4.78 is 11.1. The van der Waals surface area contributed by atoms with Gasteiger partial charge in [0, 0.05) is 37.7 Å². The summed E-state index contributed by atoms with van der Waals surface area (Å²) in [5, 5.41) is 10.6. The smallest absolute Gasteiger partial charge is 0.341 e. The lowest BCUT2D eigenvalue weighted by Crippen LogP contribution is -2.48. The fourth-order valence-corrected chi connectivity index (χ4v) is 5.38. The molecule has 0 bridgehead atoms. The first-order valence-electron chi connectivity index (χ1n) is 14.2. The van der Waals surface area contributed by atoms with Crippen molar-refractivity contribution >= 4 is 23.6 Å². The van der Waals surface area contributed by atoms with Crippen LogP contribution in [0.3, 0.4) is 0 Å². The van der Waals surface area contributed by atoms with E-state index >= 15 is 0 Å². The highest BCUT2D eigenvalue weighted by atomic mass is 35.5. The van der Waals surface area contributed by atoms with Crippen molar-refractivity contribution in [2.45, 2.75) is 25.3 Å². The van der Waals surface area contributed by atoms with E-state index in [0.717, 1.165) is 43.3 Å². The second kappa shape index (κ2) is 15.6. The average molecular weight is 595 g/mol. The molecule has 0 radical (unpaired) electrons. The Morgan fingerprint density at radius 3 is 2.33 bits per heavy atom. The van der Waals surface area contributed by atoms with E-state index in [0.29, 0.717) is 42.2 Å². The average Bonchev–Trinajstić information content (AvgIpc) is 3.01. The monoisotopic (exact) mass is 594 g/mol. The van der Waals surface area contributed by atoms with Crippen molar-refractivity contribution in [2.75, 3.05) is 53.0 Å². The van der Waals surface area contributed by atoms with E-state index in [4.69, 9.17) is 26.8 Å². The van der Waals surface area contributed by atoms with Gasteiger partial charge in [0.2, 0.25) is 0 Å². The van der Waals surface area contributed by atoms with Crippen molar-refractivity contribution in [2.24, 2.45) is 5.73 Å². The number of carbonyl (C=O) groups is 2. The maximum absolute atomic E-state index is 12.5. The normalized spacial score (nSPS) is 14.7. The molecule has 2 amide bonds. The predicted octanol–water partition coefficient (Wildman–Crippen LogP) is 5.01. The highest BCUT2D eigenvalue weighted by Gasteiger charge is 2.26. The Labute approximate surface area is 252 Å². The summed E-state index contributed by atoms with van der Waals surface area (Å²) in [6.07, 6.45) is 1.95. The van der Waals surface area contributed by atoms with Crippen LogP contribution in [-0.2, 0) is 11.2 Å². The zero-order valence-electron chi connectivity index (χ0n) is 24.0. The van der Waals surface area contributed by atoms with Gasteiger partial charge in [-0.2, -0.15) is 0 Å². The molecule has 3 aromatic rings. The minimum Gasteiger partial charge on any atom is -0.491 e. The number of amides is 2. The number of nitrogens with zero attached hydrogens (tertiary/aromatic N) is 3. The molecule has 1 unspecified atom stereocenters. The van der Waals surface area contributed by atoms with Gasteiger partial charge in [0.1, 0.15) is 17.9 Å². The Balaban J connectivity index is 1.30. The van der Waals surface area contributed by atoms with E-state index in [2.05, 4.69) is 46.2 Å². The minimum absolute atomic E-state index is 0.155. The third-order valence-corrected chi connectivity index (χ3v) is 7.78. The Morgan fingerprint density at radius 1 is 0.976 bits per heavy atom. The lowest BCUT2D eigenvalue weighted by molar-refractivity contribution is -0.0402. The van der Waals surface area contributed by atoms with Gasteiger partial charge < -0.3 is 15.2 Å². The standard InChI is InChI=1S/C32H39ClN4O5/c1-41-31(38)28-23-24(7-5-6-16-37(40)32(34)39)10-15-29(28)42-22-21-35-17-19-36(20-18-35)30(25-8-3-2-4-9-25)26-11-13-27(33)14-12-26/h2-4,8-15,23,30,40H,5-7,16-22H2,1H3,(H2,34,39). The van der Waals surface area contributed by atoms with Crippen LogP contribution in [0.25, 0.3) is 0 Å². The molecule has 1 fully saturated rings. The molecule has 0 spiro atoms. The van der Waals surface area contributed by atoms with Crippen molar-refractivity contribution in [3.05, 3.63) is 100 Å². The summed E-state index contributed by atoms with van der Waals surface area (Å²) in [6, 6.07) is 23.5. The molecule has 224 valence electrons. The largest absolute Gasteiger partial charge is 0.491 e. The van der Waals surface area contributed by atoms with Gasteiger partial charge in [-0.15, -0.1) is 0 Å². The number of rotatable bonds is 13. The molecule has 3 N–H and O–H groups in total. The number of hydrogen-bond donors (Lipinski definition) is 2. The third kappa shape index (κ3) is 8.69. The number of carbonyl (C=O) groups excluding carboxylic acids is 2. The Kier molecular flexibility index (Phi) is 11.6. The van der Waals surface area contributed by atoms with E-state index in [9.17, 15) is 14.8 Å². The number of esters is 1. The van der Waals surface area contributed by atoms with Crippen molar-refractivity contribution in [3.8, 4) is 5.75 Å². The summed E-state index contributed by atoms with van der Waals surface area (Å²) in [5.41, 5.74) is 8.84. The lowest BCUT2D eigenvalue weighted by atomic mass is 9.96. The zero-order valence-corrected chi connectivity index (χ0v) is 24.7. The van der Waals surface area contributed by atoms with Gasteiger partial charge in [0.25, 0.3) is 0 Å². The highest BCUT2D eigenvalue weighted by molar-refractivity contribution is 6.30. The maximum atomic E-state index is 12.5. The first kappa shape index (κ1) is 31.3. The van der Waals surface area contributed by atoms with Crippen LogP contribution < -0.4 is 10.5 Å². The van der Waals surface area contributed by atoms with Crippen LogP contribution in [-0.4, -0.2) is 85.1 Å². The SMILES string of the molecule is COC(=O)c1cc(CCCCN(O)C(N)=O)ccc1OCCN1CCN(C(c2ccccc2)c2ccc(Cl)cc2)CC1. The number of primary amides is 1. The minimum atomic E-state index is -0.874. The first-order valence-corrected chi connectivity index (χ1v) is 14.6. The molecule has 0 aliphatic carbocycles. The van der Waals surface area contributed by atoms with E-state index in [-0.39, 0.29) is 12.6 Å². The second-order valence-corrected chi connectivity index (χ2v) is 10.8. The number of urea groups is 1. The van der Waals surface area contributed by atoms with Crippen LogP contribution in [0.2, 0.25) is 5.02 Å². The van der Waals surface area contributed by atoms with E-state index in [1.165, 1.54) is 18.2 Å². The summed E-state index contributed by atoms with van der Waals surface area (Å²) in [6.45, 7) is 4.99. The van der Waals surface area contributed by atoms with E-state index in [1.54, 1.807) is 12.1 Å². The van der Waals surface area contributed by atoms with Gasteiger partial charge >= 0.3 is 12.0 Å². The Morgan fingerprint density at radius 2 is 1.67 bits per heavy atom. The number of benzene rings is 3. The second-order valence-electron chi connectivity index (χ2n) is 10.3. The molecule has 3 aromatic carbocycles. The topological polar surface area (TPSA) is 109 Å². The van der Waals surface area contributed by atoms with Crippen LogP contribution in [0.1, 0.15) is 45.9 Å². The quantitative estimate of drug-likeness (QED) is 0.124. The summed E-state index contributed by atoms with van der Waals surface area (Å²) in [4.78, 5) is 28.3. The third-order valence-electron chi connectivity index (χ3n) is 7.53. The molecular weight excluding hydrogens is 556 g/mol. The number of piperazine rings is 1. The summed E-state index contributed by atoms with van der Waals surface area (Å²) >= 11 is 6.17. The summed E-state index contributed by atoms with van der Waals surface area (Å²) in [5.74, 6) is 0.0382. The van der Waals surface area contributed by atoms with Crippen molar-refractivity contribution in [1.29, 1.82) is 0 Å². The lowest BCUT2D eigenvalue weighted by Gasteiger charge is -2.39. The molecule has 42 heavy (non-hydrogen) atoms. The number of hydroxylamine groups is 2. The predicted molar refractivity (Wildman–Crippen MR) is 162 cm³/mol. The molecule has 1 aliphatic rings. The van der Waals surface area contributed by atoms with Crippen LogP contribution in [0, 0.1) is 0 Å². The molecular formula is C32H39ClN4O5. The van der Waals surface area contributed by atoms with Crippen molar-refractivity contribution in [1.82, 2.24) is 14.9 Å². The molecule has 4 rings (SSSR count). The van der Waals surface area contributed by atoms with Crippen LogP contribution in [0.4, 0.5) is 4.79 Å². The molecule has 9 nitrogen and oxygen atoms in total. The number of aryl methyl sites for hydroxylation is 1. The van der Waals surface area contributed by atoms with Gasteiger partial charge in [0.15, 0.2) is 0 Å². The number of halogens is 1. The van der Waals surface area contributed by atoms with E-state index in [1.807, 2.05) is 24.3 Å². The van der Waals surface area contributed by atoms with Gasteiger partial charge in [-0.3, -0.25) is 15.0 Å². The first-order chi connectivity index (χ1) is 20.4. The molecule has 1 heterocycles. The van der Waals surface area contributed by atoms with Crippen molar-refractivity contribution < 1.29 is 24.3 Å². The van der Waals surface area contributed by atoms with Crippen LogP contribution >= 0.6 is 11.6 Å². The number of methoxy groups -OCH3 is 1. The van der Waals surface area contributed by atoms with Gasteiger partial charge in [-0.05, 0) is 60.2 Å². The molecule has 0 aromatic heterocycles. The van der Waals surface area contributed by atoms with Gasteiger partial charge in [-0.25, -0.2) is 14.7 Å². The fourth-order valence-electron chi connectivity index (χ4n) is 5.25. The Bertz CT molecular complexity index is 1300. The molecule has 0 saturated carbocycles. The van der Waals surface area contributed by atoms with Gasteiger partial charge in [0.05, 0.1) is 19.7 Å². The zero-order chi connectivity index (χ0) is 29.9. The number of nitrogens with two attached hydrogens (primary N) is 1. The van der Waals surface area contributed by atoms with Crippen LogP contribution in [0.5, 0.6) is 5.75 Å². The number of hydrogen-bond acceptors (Lipinski definition) is 7. The number of ether oxygens (including phenoxy) is 2. The highest BCUT2D eigenvalue weighted by Crippen LogP contribution is 2.30. The molecule has 1 saturated heterocycles. The number of unbranched alkanes of at least 4 members (excludes halogenated alkanes) is 1. The van der Waals surface area contributed by atoms with E-state index < -0.39 is 12.0 Å². The Hall–Kier alpha value is -3.63. The molecule has 1 atom stereocenters. The van der Waals surface area contributed by atoms with Gasteiger partial charge in [-0.1, -0.05) is 60.1 Å². The summed E-state index contributed by atoms with van der Waals surface area (Å²) in [7, 11) is 1.35. The van der Waals surface area contributed by atoms with Crippen molar-refractivity contribution in [3.63, 3.8) is 0 Å². The molecule has 1 aliphatic heterocycles. The van der Waals surface area contributed by atoms with Crippen LogP contribution in [0.15, 0.2) is 72.8 Å². The fraction of sp³-hybridized carbons (Fsp3) is 0.375. The maximum Gasteiger partial charge on any atom is 0.341 e. The molecule has 10 heteroatoms.